The van der Waals surface area contributed by atoms with E-state index < -0.39 is 5.97 Å². The van der Waals surface area contributed by atoms with E-state index in [0.29, 0.717) is 16.9 Å². The lowest BCUT2D eigenvalue weighted by molar-refractivity contribution is 0.0602. The summed E-state index contributed by atoms with van der Waals surface area (Å²) in [6, 6.07) is 5.15. The van der Waals surface area contributed by atoms with Gasteiger partial charge in [0.2, 0.25) is 0 Å². The van der Waals surface area contributed by atoms with Gasteiger partial charge < -0.3 is 20.3 Å². The summed E-state index contributed by atoms with van der Waals surface area (Å²) < 4.78 is 9.88. The van der Waals surface area contributed by atoms with Gasteiger partial charge in [-0.3, -0.25) is 0 Å². The summed E-state index contributed by atoms with van der Waals surface area (Å²) >= 11 is 0. The Balaban J connectivity index is 2.30. The second kappa shape index (κ2) is 5.87. The molecule has 0 aliphatic heterocycles. The number of ether oxygens (including phenoxy) is 1. The molecule has 1 aromatic heterocycles. The van der Waals surface area contributed by atoms with Crippen molar-refractivity contribution in [3.05, 3.63) is 40.8 Å². The van der Waals surface area contributed by atoms with Crippen molar-refractivity contribution >= 4 is 17.3 Å². The van der Waals surface area contributed by atoms with Crippen molar-refractivity contribution in [3.8, 4) is 0 Å². The van der Waals surface area contributed by atoms with Crippen molar-refractivity contribution in [1.82, 2.24) is 5.16 Å². The molecule has 1 atom stereocenters. The van der Waals surface area contributed by atoms with Crippen LogP contribution in [0.25, 0.3) is 0 Å². The number of aromatic nitrogens is 1. The SMILES string of the molecule is COC(=O)c1cccc(NC(C)c2c(C)noc2C)c1N. The molecule has 0 radical (unpaired) electrons. The lowest BCUT2D eigenvalue weighted by Gasteiger charge is -2.18. The molecule has 6 nitrogen and oxygen atoms in total. The van der Waals surface area contributed by atoms with E-state index in [1.807, 2.05) is 26.8 Å². The number of nitrogens with zero attached hydrogens (tertiary/aromatic N) is 1. The van der Waals surface area contributed by atoms with Gasteiger partial charge in [0, 0.05) is 5.56 Å². The highest BCUT2D eigenvalue weighted by Crippen LogP contribution is 2.29. The molecule has 0 amide bonds. The Kier molecular flexibility index (Phi) is 4.16. The molecular weight excluding hydrogens is 270 g/mol. The van der Waals surface area contributed by atoms with E-state index in [1.54, 1.807) is 12.1 Å². The molecule has 0 saturated carbocycles. The number of aryl methyl sites for hydroxylation is 2. The van der Waals surface area contributed by atoms with Crippen LogP contribution in [0, 0.1) is 13.8 Å². The monoisotopic (exact) mass is 289 g/mol. The Morgan fingerprint density at radius 1 is 1.43 bits per heavy atom. The number of nitrogen functional groups attached to an aromatic ring is 1. The molecule has 2 aromatic rings. The van der Waals surface area contributed by atoms with Crippen molar-refractivity contribution in [1.29, 1.82) is 0 Å². The van der Waals surface area contributed by atoms with Gasteiger partial charge in [-0.05, 0) is 32.9 Å². The maximum atomic E-state index is 11.7. The first-order valence-electron chi connectivity index (χ1n) is 6.61. The zero-order valence-corrected chi connectivity index (χ0v) is 12.6. The van der Waals surface area contributed by atoms with Gasteiger partial charge in [-0.15, -0.1) is 0 Å². The quantitative estimate of drug-likeness (QED) is 0.664. The van der Waals surface area contributed by atoms with Crippen LogP contribution in [0.5, 0.6) is 0 Å². The number of nitrogens with one attached hydrogen (secondary N) is 1. The first kappa shape index (κ1) is 14.9. The first-order valence-corrected chi connectivity index (χ1v) is 6.61. The summed E-state index contributed by atoms with van der Waals surface area (Å²) in [4.78, 5) is 11.7. The molecule has 0 aliphatic carbocycles. The molecule has 1 unspecified atom stereocenters. The molecular formula is C15H19N3O3. The van der Waals surface area contributed by atoms with Crippen LogP contribution < -0.4 is 11.1 Å². The van der Waals surface area contributed by atoms with E-state index in [9.17, 15) is 4.79 Å². The fourth-order valence-electron chi connectivity index (χ4n) is 2.39. The Hall–Kier alpha value is -2.50. The maximum Gasteiger partial charge on any atom is 0.340 e. The van der Waals surface area contributed by atoms with E-state index in [4.69, 9.17) is 15.0 Å². The molecule has 21 heavy (non-hydrogen) atoms. The number of nitrogens with two attached hydrogens (primary N) is 1. The summed E-state index contributed by atoms with van der Waals surface area (Å²) in [5.41, 5.74) is 9.22. The van der Waals surface area contributed by atoms with Gasteiger partial charge in [0.15, 0.2) is 0 Å². The topological polar surface area (TPSA) is 90.4 Å². The molecule has 6 heteroatoms. The predicted molar refractivity (Wildman–Crippen MR) is 80.2 cm³/mol. The van der Waals surface area contributed by atoms with Crippen molar-refractivity contribution < 1.29 is 14.1 Å². The van der Waals surface area contributed by atoms with Crippen LogP contribution in [-0.4, -0.2) is 18.2 Å². The fourth-order valence-corrected chi connectivity index (χ4v) is 2.39. The molecule has 3 N–H and O–H groups in total. The van der Waals surface area contributed by atoms with E-state index in [-0.39, 0.29) is 6.04 Å². The summed E-state index contributed by atoms with van der Waals surface area (Å²) in [5, 5.41) is 7.22. The van der Waals surface area contributed by atoms with Crippen LogP contribution in [0.15, 0.2) is 22.7 Å². The molecule has 0 bridgehead atoms. The van der Waals surface area contributed by atoms with E-state index in [1.165, 1.54) is 7.11 Å². The molecule has 0 saturated heterocycles. The van der Waals surface area contributed by atoms with Gasteiger partial charge in [0.25, 0.3) is 0 Å². The van der Waals surface area contributed by atoms with Crippen molar-refractivity contribution in [2.75, 3.05) is 18.2 Å². The summed E-state index contributed by atoms with van der Waals surface area (Å²) in [7, 11) is 1.33. The van der Waals surface area contributed by atoms with Crippen LogP contribution in [0.3, 0.4) is 0 Å². The molecule has 2 rings (SSSR count). The molecule has 0 fully saturated rings. The fraction of sp³-hybridized carbons (Fsp3) is 0.333. The number of methoxy groups -OCH3 is 1. The number of anilines is 2. The third-order valence-corrected chi connectivity index (χ3v) is 3.41. The first-order chi connectivity index (χ1) is 9.95. The van der Waals surface area contributed by atoms with Crippen LogP contribution in [0.1, 0.15) is 40.3 Å². The lowest BCUT2D eigenvalue weighted by Crippen LogP contribution is -2.12. The number of carbonyl (C=O) groups excluding carboxylic acids is 1. The third-order valence-electron chi connectivity index (χ3n) is 3.41. The molecule has 112 valence electrons. The van der Waals surface area contributed by atoms with E-state index in [2.05, 4.69) is 10.5 Å². The van der Waals surface area contributed by atoms with Crippen LogP contribution in [0.4, 0.5) is 11.4 Å². The highest BCUT2D eigenvalue weighted by molar-refractivity contribution is 5.98. The van der Waals surface area contributed by atoms with Gasteiger partial charge in [-0.1, -0.05) is 11.2 Å². The maximum absolute atomic E-state index is 11.7. The lowest BCUT2D eigenvalue weighted by atomic mass is 10.1. The number of hydrogen-bond donors (Lipinski definition) is 2. The van der Waals surface area contributed by atoms with Crippen LogP contribution >= 0.6 is 0 Å². The number of benzene rings is 1. The van der Waals surface area contributed by atoms with E-state index >= 15 is 0 Å². The second-order valence-corrected chi connectivity index (χ2v) is 4.86. The van der Waals surface area contributed by atoms with Crippen molar-refractivity contribution in [3.63, 3.8) is 0 Å². The summed E-state index contributed by atoms with van der Waals surface area (Å²) in [5.74, 6) is 0.302. The molecule has 0 aliphatic rings. The van der Waals surface area contributed by atoms with E-state index in [0.717, 1.165) is 17.0 Å². The highest BCUT2D eigenvalue weighted by Gasteiger charge is 2.19. The van der Waals surface area contributed by atoms with Gasteiger partial charge >= 0.3 is 5.97 Å². The zero-order chi connectivity index (χ0) is 15.6. The van der Waals surface area contributed by atoms with Gasteiger partial charge in [0.05, 0.1) is 35.8 Å². The molecule has 1 heterocycles. The minimum atomic E-state index is -0.457. The number of para-hydroxylation sites is 1. The smallest absolute Gasteiger partial charge is 0.340 e. The van der Waals surface area contributed by atoms with Gasteiger partial charge in [0.1, 0.15) is 5.76 Å². The Morgan fingerprint density at radius 2 is 2.14 bits per heavy atom. The largest absolute Gasteiger partial charge is 0.465 e. The van der Waals surface area contributed by atoms with Crippen LogP contribution in [0.2, 0.25) is 0 Å². The number of esters is 1. The Labute approximate surface area is 123 Å². The Bertz CT molecular complexity index is 645. The average molecular weight is 289 g/mol. The summed E-state index contributed by atoms with van der Waals surface area (Å²) in [6.07, 6.45) is 0. The Morgan fingerprint density at radius 3 is 2.71 bits per heavy atom. The summed E-state index contributed by atoms with van der Waals surface area (Å²) in [6.45, 7) is 5.73. The average Bonchev–Trinajstić information content (AvgIpc) is 2.79. The van der Waals surface area contributed by atoms with Crippen molar-refractivity contribution in [2.45, 2.75) is 26.8 Å². The minimum Gasteiger partial charge on any atom is -0.465 e. The van der Waals surface area contributed by atoms with Crippen molar-refractivity contribution in [2.24, 2.45) is 0 Å². The number of hydrogen-bond acceptors (Lipinski definition) is 6. The van der Waals surface area contributed by atoms with Crippen LogP contribution in [-0.2, 0) is 4.74 Å². The molecule has 0 spiro atoms. The zero-order valence-electron chi connectivity index (χ0n) is 12.6. The minimum absolute atomic E-state index is 0.0496. The van der Waals surface area contributed by atoms with Gasteiger partial charge in [-0.2, -0.15) is 0 Å². The highest BCUT2D eigenvalue weighted by atomic mass is 16.5. The normalized spacial score (nSPS) is 12.0. The molecule has 1 aromatic carbocycles. The number of rotatable bonds is 4. The third kappa shape index (κ3) is 2.84. The predicted octanol–water partition coefficient (Wildman–Crippen LogP) is 2.83. The van der Waals surface area contributed by atoms with Gasteiger partial charge in [-0.25, -0.2) is 4.79 Å². The second-order valence-electron chi connectivity index (χ2n) is 4.86. The standard InChI is InChI=1S/C15H19N3O3/c1-8(13-9(2)18-21-10(13)3)17-12-7-5-6-11(14(12)16)15(19)20-4/h5-8,17H,16H2,1-4H3. The number of carbonyl (C=O) groups is 1.